The lowest BCUT2D eigenvalue weighted by atomic mass is 10.0. The van der Waals surface area contributed by atoms with Crippen molar-refractivity contribution in [2.24, 2.45) is 0 Å². The Kier molecular flexibility index (Phi) is 4.00. The number of nitrogens with zero attached hydrogens (tertiary/aromatic N) is 2. The molecule has 0 aliphatic carbocycles. The van der Waals surface area contributed by atoms with Crippen LogP contribution in [-0.2, 0) is 10.0 Å². The largest absolute Gasteiger partial charge is 0.269 e. The topological polar surface area (TPSA) is 52.0 Å². The van der Waals surface area contributed by atoms with Gasteiger partial charge < -0.3 is 0 Å². The quantitative estimate of drug-likeness (QED) is 0.409. The van der Waals surface area contributed by atoms with Gasteiger partial charge in [-0.1, -0.05) is 72.3 Å². The van der Waals surface area contributed by atoms with E-state index in [0.717, 1.165) is 21.9 Å². The number of hydrogen-bond acceptors (Lipinski definition) is 3. The van der Waals surface area contributed by atoms with Gasteiger partial charge in [-0.15, -0.1) is 0 Å². The Labute approximate surface area is 169 Å². The number of fused-ring (bicyclic) bond motifs is 2. The van der Waals surface area contributed by atoms with Gasteiger partial charge in [0, 0.05) is 5.56 Å². The highest BCUT2D eigenvalue weighted by Gasteiger charge is 2.25. The van der Waals surface area contributed by atoms with Crippen molar-refractivity contribution in [3.05, 3.63) is 96.6 Å². The van der Waals surface area contributed by atoms with Gasteiger partial charge in [-0.2, -0.15) is 0 Å². The van der Waals surface area contributed by atoms with Crippen LogP contribution < -0.4 is 0 Å². The van der Waals surface area contributed by atoms with E-state index < -0.39 is 10.0 Å². The second-order valence-electron chi connectivity index (χ2n) is 7.03. The van der Waals surface area contributed by atoms with Gasteiger partial charge in [0.2, 0.25) is 0 Å². The Morgan fingerprint density at radius 3 is 2.28 bits per heavy atom. The summed E-state index contributed by atoms with van der Waals surface area (Å²) in [7, 11) is -3.83. The Morgan fingerprint density at radius 2 is 1.45 bits per heavy atom. The van der Waals surface area contributed by atoms with Gasteiger partial charge in [0.15, 0.2) is 5.82 Å². The van der Waals surface area contributed by atoms with E-state index in [1.165, 1.54) is 3.97 Å². The predicted octanol–water partition coefficient (Wildman–Crippen LogP) is 5.40. The van der Waals surface area contributed by atoms with Crippen molar-refractivity contribution in [3.63, 3.8) is 0 Å². The molecule has 4 nitrogen and oxygen atoms in total. The maximum Gasteiger partial charge on any atom is 0.269 e. The number of rotatable bonds is 3. The molecule has 5 rings (SSSR count). The molecule has 5 aromatic rings. The molecule has 0 fully saturated rings. The molecule has 0 bridgehead atoms. The van der Waals surface area contributed by atoms with Crippen molar-refractivity contribution in [1.29, 1.82) is 0 Å². The van der Waals surface area contributed by atoms with E-state index in [0.29, 0.717) is 16.9 Å². The van der Waals surface area contributed by atoms with Gasteiger partial charge in [-0.3, -0.25) is 0 Å². The molecule has 5 heteroatoms. The third-order valence-corrected chi connectivity index (χ3v) is 6.83. The first-order valence-corrected chi connectivity index (χ1v) is 10.8. The van der Waals surface area contributed by atoms with E-state index in [9.17, 15) is 8.42 Å². The zero-order valence-electron chi connectivity index (χ0n) is 15.8. The zero-order valence-corrected chi connectivity index (χ0v) is 16.6. The van der Waals surface area contributed by atoms with Crippen LogP contribution in [0.1, 0.15) is 5.56 Å². The van der Waals surface area contributed by atoms with Gasteiger partial charge in [0.05, 0.1) is 15.9 Å². The molecule has 0 aliphatic heterocycles. The highest BCUT2D eigenvalue weighted by atomic mass is 32.2. The SMILES string of the molecule is Cc1ccc(S(=O)(=O)n2c(-c3cccc4ccccc34)nc3ccccc32)cc1. The van der Waals surface area contributed by atoms with Gasteiger partial charge in [0.25, 0.3) is 10.0 Å². The minimum absolute atomic E-state index is 0.243. The number of para-hydroxylation sites is 2. The molecule has 0 unspecified atom stereocenters. The normalized spacial score (nSPS) is 11.9. The predicted molar refractivity (Wildman–Crippen MR) is 116 cm³/mol. The van der Waals surface area contributed by atoms with Crippen LogP contribution in [0.5, 0.6) is 0 Å². The third-order valence-electron chi connectivity index (χ3n) is 5.11. The minimum atomic E-state index is -3.83. The maximum absolute atomic E-state index is 13.7. The molecule has 0 atom stereocenters. The molecule has 0 spiro atoms. The van der Waals surface area contributed by atoms with Gasteiger partial charge in [-0.05, 0) is 42.0 Å². The standard InChI is InChI=1S/C24H18N2O2S/c1-17-13-15-19(16-14-17)29(27,28)26-23-12-5-4-11-22(23)25-24(26)21-10-6-8-18-7-2-3-9-20(18)21/h2-16H,1H3. The minimum Gasteiger partial charge on any atom is -0.227 e. The average Bonchev–Trinajstić information content (AvgIpc) is 3.14. The van der Waals surface area contributed by atoms with Crippen LogP contribution in [-0.4, -0.2) is 17.4 Å². The molecule has 0 saturated carbocycles. The molecular formula is C24H18N2O2S. The van der Waals surface area contributed by atoms with Gasteiger partial charge in [0.1, 0.15) is 0 Å². The highest BCUT2D eigenvalue weighted by molar-refractivity contribution is 7.90. The fourth-order valence-corrected chi connectivity index (χ4v) is 5.12. The Morgan fingerprint density at radius 1 is 0.759 bits per heavy atom. The smallest absolute Gasteiger partial charge is 0.227 e. The summed E-state index contributed by atoms with van der Waals surface area (Å²) in [6.45, 7) is 1.94. The van der Waals surface area contributed by atoms with E-state index in [1.54, 1.807) is 18.2 Å². The monoisotopic (exact) mass is 398 g/mol. The number of aromatic nitrogens is 2. The third kappa shape index (κ3) is 2.82. The molecule has 1 aromatic heterocycles. The summed E-state index contributed by atoms with van der Waals surface area (Å²) in [6.07, 6.45) is 0. The van der Waals surface area contributed by atoms with Crippen molar-refractivity contribution in [1.82, 2.24) is 8.96 Å². The fraction of sp³-hybridized carbons (Fsp3) is 0.0417. The van der Waals surface area contributed by atoms with Crippen LogP contribution in [0.2, 0.25) is 0 Å². The van der Waals surface area contributed by atoms with Crippen molar-refractivity contribution >= 4 is 31.8 Å². The molecule has 0 aliphatic rings. The molecule has 0 radical (unpaired) electrons. The van der Waals surface area contributed by atoms with Crippen LogP contribution in [0.25, 0.3) is 33.2 Å². The summed E-state index contributed by atoms with van der Waals surface area (Å²) >= 11 is 0. The summed E-state index contributed by atoms with van der Waals surface area (Å²) in [6, 6.07) is 28.0. The van der Waals surface area contributed by atoms with E-state index >= 15 is 0 Å². The molecule has 0 amide bonds. The number of imidazole rings is 1. The molecular weight excluding hydrogens is 380 g/mol. The van der Waals surface area contributed by atoms with Crippen LogP contribution in [0.15, 0.2) is 95.9 Å². The fourth-order valence-electron chi connectivity index (χ4n) is 3.65. The Balaban J connectivity index is 1.88. The summed E-state index contributed by atoms with van der Waals surface area (Å²) in [5.41, 5.74) is 3.01. The van der Waals surface area contributed by atoms with Crippen LogP contribution >= 0.6 is 0 Å². The van der Waals surface area contributed by atoms with E-state index in [-0.39, 0.29) is 4.90 Å². The Hall–Kier alpha value is -3.44. The first-order valence-electron chi connectivity index (χ1n) is 9.33. The van der Waals surface area contributed by atoms with Crippen LogP contribution in [0.4, 0.5) is 0 Å². The van der Waals surface area contributed by atoms with Crippen LogP contribution in [0.3, 0.4) is 0 Å². The molecule has 0 saturated heterocycles. The summed E-state index contributed by atoms with van der Waals surface area (Å²) in [5.74, 6) is 0.420. The first-order chi connectivity index (χ1) is 14.1. The summed E-state index contributed by atoms with van der Waals surface area (Å²) < 4.78 is 28.7. The molecule has 142 valence electrons. The van der Waals surface area contributed by atoms with Crippen molar-refractivity contribution in [2.45, 2.75) is 11.8 Å². The second kappa shape index (κ2) is 6.57. The van der Waals surface area contributed by atoms with Gasteiger partial charge in [-0.25, -0.2) is 17.4 Å². The number of hydrogen-bond donors (Lipinski definition) is 0. The summed E-state index contributed by atoms with van der Waals surface area (Å²) in [4.78, 5) is 4.97. The molecule has 0 N–H and O–H groups in total. The first kappa shape index (κ1) is 17.6. The lowest BCUT2D eigenvalue weighted by Gasteiger charge is -2.12. The van der Waals surface area contributed by atoms with Crippen molar-refractivity contribution in [3.8, 4) is 11.4 Å². The van der Waals surface area contributed by atoms with Crippen LogP contribution in [0, 0.1) is 6.92 Å². The van der Waals surface area contributed by atoms with Crippen molar-refractivity contribution in [2.75, 3.05) is 0 Å². The summed E-state index contributed by atoms with van der Waals surface area (Å²) in [5, 5.41) is 2.00. The van der Waals surface area contributed by atoms with E-state index in [2.05, 4.69) is 0 Å². The van der Waals surface area contributed by atoms with Gasteiger partial charge >= 0.3 is 0 Å². The lowest BCUT2D eigenvalue weighted by molar-refractivity contribution is 0.589. The molecule has 29 heavy (non-hydrogen) atoms. The molecule has 1 heterocycles. The number of aryl methyl sites for hydroxylation is 1. The van der Waals surface area contributed by atoms with Crippen molar-refractivity contribution < 1.29 is 8.42 Å². The number of benzene rings is 4. The van der Waals surface area contributed by atoms with E-state index in [4.69, 9.17) is 4.98 Å². The lowest BCUT2D eigenvalue weighted by Crippen LogP contribution is -2.14. The highest BCUT2D eigenvalue weighted by Crippen LogP contribution is 2.33. The molecule has 4 aromatic carbocycles. The second-order valence-corrected chi connectivity index (χ2v) is 8.82. The maximum atomic E-state index is 13.7. The average molecular weight is 398 g/mol. The zero-order chi connectivity index (χ0) is 20.0. The van der Waals surface area contributed by atoms with E-state index in [1.807, 2.05) is 79.7 Å². The Bertz CT molecular complexity index is 1460.